The molecule has 6 nitrogen and oxygen atoms in total. The number of aromatic nitrogens is 2. The summed E-state index contributed by atoms with van der Waals surface area (Å²) >= 11 is 0. The average molecular weight is 350 g/mol. The molecule has 0 spiro atoms. The van der Waals surface area contributed by atoms with Crippen LogP contribution in [0.25, 0.3) is 10.9 Å². The summed E-state index contributed by atoms with van der Waals surface area (Å²) in [7, 11) is 0. The van der Waals surface area contributed by atoms with Gasteiger partial charge in [-0.15, -0.1) is 0 Å². The van der Waals surface area contributed by atoms with Crippen LogP contribution in [0.3, 0.4) is 0 Å². The van der Waals surface area contributed by atoms with Gasteiger partial charge >= 0.3 is 0 Å². The van der Waals surface area contributed by atoms with E-state index in [1.54, 1.807) is 6.20 Å². The molecular formula is C20H22N4O2. The van der Waals surface area contributed by atoms with E-state index in [2.05, 4.69) is 20.8 Å². The number of H-pyrrole nitrogens is 1. The van der Waals surface area contributed by atoms with Crippen molar-refractivity contribution in [2.75, 3.05) is 5.32 Å². The number of rotatable bonds is 4. The first-order valence-electron chi connectivity index (χ1n) is 8.97. The van der Waals surface area contributed by atoms with Gasteiger partial charge in [0.2, 0.25) is 0 Å². The fourth-order valence-electron chi connectivity index (χ4n) is 3.45. The topological polar surface area (TPSA) is 90.0 Å². The third-order valence-corrected chi connectivity index (χ3v) is 4.92. The number of benzene rings is 2. The minimum Gasteiger partial charge on any atom is -0.393 e. The summed E-state index contributed by atoms with van der Waals surface area (Å²) in [4.78, 5) is 12.7. The Morgan fingerprint density at radius 2 is 1.92 bits per heavy atom. The zero-order valence-corrected chi connectivity index (χ0v) is 14.4. The van der Waals surface area contributed by atoms with Crippen molar-refractivity contribution in [2.24, 2.45) is 0 Å². The zero-order valence-electron chi connectivity index (χ0n) is 14.4. The summed E-state index contributed by atoms with van der Waals surface area (Å²) < 4.78 is 0. The van der Waals surface area contributed by atoms with E-state index in [-0.39, 0.29) is 18.1 Å². The van der Waals surface area contributed by atoms with Gasteiger partial charge < -0.3 is 15.7 Å². The number of anilines is 2. The van der Waals surface area contributed by atoms with Gasteiger partial charge in [0.1, 0.15) is 0 Å². The van der Waals surface area contributed by atoms with E-state index < -0.39 is 0 Å². The van der Waals surface area contributed by atoms with Crippen LogP contribution in [-0.4, -0.2) is 33.4 Å². The van der Waals surface area contributed by atoms with Crippen LogP contribution in [0.1, 0.15) is 36.0 Å². The van der Waals surface area contributed by atoms with Crippen LogP contribution in [0.15, 0.2) is 48.7 Å². The maximum Gasteiger partial charge on any atom is 0.253 e. The van der Waals surface area contributed by atoms with Gasteiger partial charge in [-0.25, -0.2) is 0 Å². The van der Waals surface area contributed by atoms with Gasteiger partial charge in [-0.1, -0.05) is 12.1 Å². The van der Waals surface area contributed by atoms with E-state index in [0.29, 0.717) is 5.56 Å². The largest absolute Gasteiger partial charge is 0.393 e. The van der Waals surface area contributed by atoms with Crippen LogP contribution in [0, 0.1) is 0 Å². The standard InChI is InChI=1S/C20H22N4O2/c25-16-8-5-14(6-9-16)23-20(26)17-3-1-2-4-19(17)22-15-7-10-18-13(11-15)12-21-24-18/h1-4,7,10-12,14,16,22,25H,5-6,8-9H2,(H,21,24)(H,23,26). The number of carbonyl (C=O) groups is 1. The Kier molecular flexibility index (Phi) is 4.58. The molecule has 1 heterocycles. The highest BCUT2D eigenvalue weighted by Crippen LogP contribution is 2.25. The first-order valence-corrected chi connectivity index (χ1v) is 8.97. The molecule has 1 aliphatic rings. The number of nitrogens with one attached hydrogen (secondary N) is 3. The smallest absolute Gasteiger partial charge is 0.253 e. The number of nitrogens with zero attached hydrogens (tertiary/aromatic N) is 1. The van der Waals surface area contributed by atoms with Gasteiger partial charge in [0.15, 0.2) is 0 Å². The molecule has 0 saturated heterocycles. The highest BCUT2D eigenvalue weighted by atomic mass is 16.3. The van der Waals surface area contributed by atoms with Crippen LogP contribution >= 0.6 is 0 Å². The third kappa shape index (κ3) is 3.55. The van der Waals surface area contributed by atoms with E-state index in [1.165, 1.54) is 0 Å². The Morgan fingerprint density at radius 3 is 2.77 bits per heavy atom. The number of aliphatic hydroxyl groups is 1. The molecular weight excluding hydrogens is 328 g/mol. The van der Waals surface area contributed by atoms with Crippen LogP contribution in [-0.2, 0) is 0 Å². The number of aliphatic hydroxyl groups excluding tert-OH is 1. The number of hydrogen-bond acceptors (Lipinski definition) is 4. The molecule has 6 heteroatoms. The molecule has 0 bridgehead atoms. The number of hydrogen-bond donors (Lipinski definition) is 4. The van der Waals surface area contributed by atoms with Crippen molar-refractivity contribution in [2.45, 2.75) is 37.8 Å². The van der Waals surface area contributed by atoms with Crippen LogP contribution in [0.2, 0.25) is 0 Å². The van der Waals surface area contributed by atoms with Crippen LogP contribution in [0.4, 0.5) is 11.4 Å². The Balaban J connectivity index is 1.51. The zero-order chi connectivity index (χ0) is 17.9. The number of aromatic amines is 1. The molecule has 4 N–H and O–H groups in total. The predicted octanol–water partition coefficient (Wildman–Crippen LogP) is 3.34. The van der Waals surface area contributed by atoms with E-state index in [9.17, 15) is 9.90 Å². The van der Waals surface area contributed by atoms with Crippen LogP contribution < -0.4 is 10.6 Å². The summed E-state index contributed by atoms with van der Waals surface area (Å²) in [5.41, 5.74) is 3.26. The molecule has 134 valence electrons. The minimum atomic E-state index is -0.227. The highest BCUT2D eigenvalue weighted by molar-refractivity contribution is 6.00. The maximum atomic E-state index is 12.7. The highest BCUT2D eigenvalue weighted by Gasteiger charge is 2.22. The van der Waals surface area contributed by atoms with E-state index >= 15 is 0 Å². The number of amides is 1. The van der Waals surface area contributed by atoms with Gasteiger partial charge in [-0.3, -0.25) is 9.89 Å². The summed E-state index contributed by atoms with van der Waals surface area (Å²) in [6.45, 7) is 0. The molecule has 0 radical (unpaired) electrons. The normalized spacial score (nSPS) is 20.0. The van der Waals surface area contributed by atoms with Crippen molar-refractivity contribution in [3.05, 3.63) is 54.2 Å². The Hall–Kier alpha value is -2.86. The molecule has 1 amide bonds. The lowest BCUT2D eigenvalue weighted by atomic mass is 9.93. The lowest BCUT2D eigenvalue weighted by molar-refractivity contribution is 0.0868. The third-order valence-electron chi connectivity index (χ3n) is 4.92. The molecule has 1 aliphatic carbocycles. The maximum absolute atomic E-state index is 12.7. The SMILES string of the molecule is O=C(NC1CCC(O)CC1)c1ccccc1Nc1ccc2[nH]ncc2c1. The Bertz CT molecular complexity index is 913. The van der Waals surface area contributed by atoms with Gasteiger partial charge in [-0.2, -0.15) is 5.10 Å². The van der Waals surface area contributed by atoms with Gasteiger partial charge in [0.25, 0.3) is 5.91 Å². The quantitative estimate of drug-likeness (QED) is 0.581. The molecule has 4 rings (SSSR count). The second kappa shape index (κ2) is 7.17. The summed E-state index contributed by atoms with van der Waals surface area (Å²) in [5.74, 6) is -0.0844. The molecule has 2 aromatic carbocycles. The first-order chi connectivity index (χ1) is 12.7. The average Bonchev–Trinajstić information content (AvgIpc) is 3.12. The number of carbonyl (C=O) groups excluding carboxylic acids is 1. The molecule has 1 aromatic heterocycles. The Labute approximate surface area is 151 Å². The molecule has 0 unspecified atom stereocenters. The van der Waals surface area contributed by atoms with Crippen molar-refractivity contribution in [3.8, 4) is 0 Å². The second-order valence-corrected chi connectivity index (χ2v) is 6.82. The lowest BCUT2D eigenvalue weighted by Gasteiger charge is -2.26. The van der Waals surface area contributed by atoms with Crippen LogP contribution in [0.5, 0.6) is 0 Å². The molecule has 3 aromatic rings. The van der Waals surface area contributed by atoms with E-state index in [1.807, 2.05) is 42.5 Å². The molecule has 0 atom stereocenters. The molecule has 1 fully saturated rings. The first kappa shape index (κ1) is 16.6. The predicted molar refractivity (Wildman–Crippen MR) is 102 cm³/mol. The van der Waals surface area contributed by atoms with E-state index in [0.717, 1.165) is 48.0 Å². The van der Waals surface area contributed by atoms with Crippen molar-refractivity contribution in [1.29, 1.82) is 0 Å². The Morgan fingerprint density at radius 1 is 1.12 bits per heavy atom. The number of fused-ring (bicyclic) bond motifs is 1. The lowest BCUT2D eigenvalue weighted by Crippen LogP contribution is -2.38. The van der Waals surface area contributed by atoms with Crippen molar-refractivity contribution >= 4 is 28.2 Å². The molecule has 1 saturated carbocycles. The van der Waals surface area contributed by atoms with Crippen molar-refractivity contribution in [1.82, 2.24) is 15.5 Å². The molecule has 26 heavy (non-hydrogen) atoms. The van der Waals surface area contributed by atoms with Gasteiger partial charge in [-0.05, 0) is 56.0 Å². The fourth-order valence-corrected chi connectivity index (χ4v) is 3.45. The van der Waals surface area contributed by atoms with E-state index in [4.69, 9.17) is 0 Å². The minimum absolute atomic E-state index is 0.0844. The molecule has 0 aliphatic heterocycles. The summed E-state index contributed by atoms with van der Waals surface area (Å²) in [6.07, 6.45) is 4.68. The monoisotopic (exact) mass is 350 g/mol. The van der Waals surface area contributed by atoms with Gasteiger partial charge in [0.05, 0.1) is 29.1 Å². The van der Waals surface area contributed by atoms with Gasteiger partial charge in [0, 0.05) is 17.1 Å². The number of para-hydroxylation sites is 1. The second-order valence-electron chi connectivity index (χ2n) is 6.82. The summed E-state index contributed by atoms with van der Waals surface area (Å²) in [5, 5.41) is 24.0. The van der Waals surface area contributed by atoms with Crippen molar-refractivity contribution in [3.63, 3.8) is 0 Å². The fraction of sp³-hybridized carbons (Fsp3) is 0.300. The summed E-state index contributed by atoms with van der Waals surface area (Å²) in [6, 6.07) is 13.5. The van der Waals surface area contributed by atoms with Crippen molar-refractivity contribution < 1.29 is 9.90 Å².